The van der Waals surface area contributed by atoms with E-state index >= 15 is 0 Å². The number of hydrogen-bond acceptors (Lipinski definition) is 7. The molecule has 4 fully saturated rings. The van der Waals surface area contributed by atoms with E-state index in [-0.39, 0.29) is 19.2 Å². The fourth-order valence-corrected chi connectivity index (χ4v) is 4.43. The summed E-state index contributed by atoms with van der Waals surface area (Å²) in [6.07, 6.45) is -1.30. The summed E-state index contributed by atoms with van der Waals surface area (Å²) in [6.45, 7) is 10.7. The van der Waals surface area contributed by atoms with Crippen LogP contribution in [0.25, 0.3) is 0 Å². The van der Waals surface area contributed by atoms with Gasteiger partial charge in [-0.25, -0.2) is 9.59 Å². The molecular weight excluding hydrogens is 382 g/mol. The van der Waals surface area contributed by atoms with Gasteiger partial charge in [0, 0.05) is 13.1 Å². The van der Waals surface area contributed by atoms with Crippen molar-refractivity contribution in [1.29, 1.82) is 0 Å². The van der Waals surface area contributed by atoms with Gasteiger partial charge < -0.3 is 39.2 Å². The Morgan fingerprint density at radius 3 is 2.76 bits per heavy atom. The van der Waals surface area contributed by atoms with Gasteiger partial charge in [-0.05, 0) is 41.0 Å². The van der Waals surface area contributed by atoms with E-state index in [0.717, 1.165) is 6.42 Å². The number of rotatable bonds is 3. The average Bonchev–Trinajstić information content (AvgIpc) is 3.14. The van der Waals surface area contributed by atoms with Crippen LogP contribution < -0.4 is 10.6 Å². The van der Waals surface area contributed by atoms with Crippen LogP contribution in [0.4, 0.5) is 9.59 Å². The van der Waals surface area contributed by atoms with Crippen molar-refractivity contribution in [1.82, 2.24) is 15.5 Å². The van der Waals surface area contributed by atoms with Gasteiger partial charge in [0.1, 0.15) is 29.5 Å². The van der Waals surface area contributed by atoms with Crippen LogP contribution in [0.1, 0.15) is 41.0 Å². The molecule has 4 aliphatic heterocycles. The molecule has 4 rings (SSSR count). The summed E-state index contributed by atoms with van der Waals surface area (Å²) in [5, 5.41) is 5.64. The summed E-state index contributed by atoms with van der Waals surface area (Å²) >= 11 is 0. The third-order valence-electron chi connectivity index (χ3n) is 5.51. The van der Waals surface area contributed by atoms with Crippen LogP contribution in [0.2, 0.25) is 0 Å². The van der Waals surface area contributed by atoms with Crippen LogP contribution in [0.3, 0.4) is 0 Å². The number of carbonyl (C=O) groups excluding carboxylic acids is 2. The predicted molar refractivity (Wildman–Crippen MR) is 100 cm³/mol. The Bertz CT molecular complexity index is 679. The summed E-state index contributed by atoms with van der Waals surface area (Å²) in [7, 11) is 0. The highest BCUT2D eigenvalue weighted by Gasteiger charge is 2.67. The van der Waals surface area contributed by atoms with E-state index in [2.05, 4.69) is 10.6 Å². The van der Waals surface area contributed by atoms with Crippen molar-refractivity contribution in [3.8, 4) is 0 Å². The second kappa shape index (κ2) is 6.97. The maximum atomic E-state index is 12.5. The van der Waals surface area contributed by atoms with E-state index in [1.54, 1.807) is 25.7 Å². The van der Waals surface area contributed by atoms with Gasteiger partial charge in [0.25, 0.3) is 0 Å². The number of amides is 3. The summed E-state index contributed by atoms with van der Waals surface area (Å²) in [4.78, 5) is 26.4. The molecule has 2 N–H and O–H groups in total. The Morgan fingerprint density at radius 2 is 2.07 bits per heavy atom. The Labute approximate surface area is 170 Å². The zero-order valence-corrected chi connectivity index (χ0v) is 17.6. The number of urea groups is 1. The molecule has 0 aromatic carbocycles. The number of nitrogens with zero attached hydrogens (tertiary/aromatic N) is 1. The first-order chi connectivity index (χ1) is 13.5. The van der Waals surface area contributed by atoms with Crippen LogP contribution in [-0.2, 0) is 23.7 Å². The number of fused-ring (bicyclic) bond motifs is 4. The Hall–Kier alpha value is -1.62. The van der Waals surface area contributed by atoms with E-state index in [1.807, 2.05) is 13.8 Å². The average molecular weight is 413 g/mol. The fourth-order valence-electron chi connectivity index (χ4n) is 4.43. The summed E-state index contributed by atoms with van der Waals surface area (Å²) in [6, 6.07) is -0.592. The molecule has 10 heteroatoms. The van der Waals surface area contributed by atoms with E-state index in [4.69, 9.17) is 23.7 Å². The number of carbonyl (C=O) groups is 2. The van der Waals surface area contributed by atoms with Crippen LogP contribution >= 0.6 is 0 Å². The zero-order valence-electron chi connectivity index (χ0n) is 17.6. The van der Waals surface area contributed by atoms with Crippen molar-refractivity contribution in [2.24, 2.45) is 0 Å². The van der Waals surface area contributed by atoms with Gasteiger partial charge in [0.15, 0.2) is 12.1 Å². The molecule has 0 radical (unpaired) electrons. The quantitative estimate of drug-likeness (QED) is 0.709. The molecule has 3 unspecified atom stereocenters. The maximum Gasteiger partial charge on any atom is 0.407 e. The predicted octanol–water partition coefficient (Wildman–Crippen LogP) is 0.940. The van der Waals surface area contributed by atoms with Crippen LogP contribution in [0.5, 0.6) is 0 Å². The standard InChI is InChI=1S/C19H31N3O7/c1-17(2,3)29-16(24)21-9-19-10-25-14(28-19)11(22-8-6-7-20-15(22)23)12-13(19)27-18(4,5)26-12/h11-14H,6-10H2,1-5H3,(H,20,23)(H,21,24)/t11-,12?,13-,14?,19?/m1/s1. The van der Waals surface area contributed by atoms with Crippen molar-refractivity contribution in [3.05, 3.63) is 0 Å². The number of hydrogen-bond donors (Lipinski definition) is 2. The third-order valence-corrected chi connectivity index (χ3v) is 5.51. The topological polar surface area (TPSA) is 108 Å². The van der Waals surface area contributed by atoms with E-state index in [9.17, 15) is 9.59 Å². The summed E-state index contributed by atoms with van der Waals surface area (Å²) in [5.41, 5.74) is -1.52. The molecule has 164 valence electrons. The second-order valence-electron chi connectivity index (χ2n) is 9.51. The second-order valence-corrected chi connectivity index (χ2v) is 9.51. The highest BCUT2D eigenvalue weighted by molar-refractivity contribution is 5.75. The van der Waals surface area contributed by atoms with Gasteiger partial charge in [-0.2, -0.15) is 0 Å². The maximum absolute atomic E-state index is 12.5. The number of nitrogens with one attached hydrogen (secondary N) is 2. The van der Waals surface area contributed by atoms with Crippen LogP contribution in [-0.4, -0.2) is 84.8 Å². The third kappa shape index (κ3) is 3.90. The first-order valence-corrected chi connectivity index (χ1v) is 10.2. The van der Waals surface area contributed by atoms with Crippen molar-refractivity contribution in [2.75, 3.05) is 26.2 Å². The lowest BCUT2D eigenvalue weighted by atomic mass is 9.87. The minimum Gasteiger partial charge on any atom is -0.444 e. The molecule has 0 saturated carbocycles. The molecule has 2 bridgehead atoms. The SMILES string of the molecule is CC(C)(C)OC(=O)NCC12COC(O1)[C@H](N1CCCNC1=O)C1OC(C)(C)O[C@H]12. The van der Waals surface area contributed by atoms with Gasteiger partial charge in [-0.15, -0.1) is 0 Å². The molecule has 5 atom stereocenters. The van der Waals surface area contributed by atoms with Crippen molar-refractivity contribution < 1.29 is 33.3 Å². The van der Waals surface area contributed by atoms with Crippen LogP contribution in [0.15, 0.2) is 0 Å². The molecule has 0 aromatic rings. The number of alkyl carbamates (subject to hydrolysis) is 1. The van der Waals surface area contributed by atoms with E-state index in [0.29, 0.717) is 13.1 Å². The normalized spacial score (nSPS) is 38.4. The summed E-state index contributed by atoms with van der Waals surface area (Å²) in [5.74, 6) is -0.841. The highest BCUT2D eigenvalue weighted by Crippen LogP contribution is 2.47. The molecule has 10 nitrogen and oxygen atoms in total. The Morgan fingerprint density at radius 1 is 1.31 bits per heavy atom. The van der Waals surface area contributed by atoms with Gasteiger partial charge in [-0.1, -0.05) is 0 Å². The van der Waals surface area contributed by atoms with Crippen molar-refractivity contribution in [3.63, 3.8) is 0 Å². The van der Waals surface area contributed by atoms with Crippen molar-refractivity contribution in [2.45, 2.75) is 82.6 Å². The zero-order chi connectivity index (χ0) is 21.0. The monoisotopic (exact) mass is 413 g/mol. The molecule has 0 spiro atoms. The van der Waals surface area contributed by atoms with Crippen molar-refractivity contribution >= 4 is 12.1 Å². The molecule has 29 heavy (non-hydrogen) atoms. The lowest BCUT2D eigenvalue weighted by Gasteiger charge is -2.46. The largest absolute Gasteiger partial charge is 0.444 e. The minimum absolute atomic E-state index is 0.151. The van der Waals surface area contributed by atoms with Gasteiger partial charge in [0.2, 0.25) is 0 Å². The molecule has 0 aromatic heterocycles. The smallest absolute Gasteiger partial charge is 0.407 e. The highest BCUT2D eigenvalue weighted by atomic mass is 16.8. The Balaban J connectivity index is 1.55. The Kier molecular flexibility index (Phi) is 4.96. The molecule has 4 aliphatic rings. The lowest BCUT2D eigenvalue weighted by molar-refractivity contribution is -0.208. The molecule has 3 amide bonds. The first-order valence-electron chi connectivity index (χ1n) is 10.2. The first kappa shape index (κ1) is 20.6. The number of ether oxygens (including phenoxy) is 5. The van der Waals surface area contributed by atoms with E-state index in [1.165, 1.54) is 0 Å². The summed E-state index contributed by atoms with van der Waals surface area (Å²) < 4.78 is 29.9. The lowest BCUT2D eigenvalue weighted by Crippen LogP contribution is -2.69. The van der Waals surface area contributed by atoms with Gasteiger partial charge in [0.05, 0.1) is 13.2 Å². The van der Waals surface area contributed by atoms with Gasteiger partial charge in [-0.3, -0.25) is 0 Å². The molecule has 4 heterocycles. The fraction of sp³-hybridized carbons (Fsp3) is 0.895. The van der Waals surface area contributed by atoms with E-state index < -0.39 is 47.6 Å². The molecule has 0 aliphatic carbocycles. The van der Waals surface area contributed by atoms with Gasteiger partial charge >= 0.3 is 12.1 Å². The van der Waals surface area contributed by atoms with Crippen LogP contribution in [0, 0.1) is 0 Å². The molecular formula is C19H31N3O7. The molecule has 4 saturated heterocycles. The minimum atomic E-state index is -0.914.